The summed E-state index contributed by atoms with van der Waals surface area (Å²) in [6, 6.07) is 0. The Morgan fingerprint density at radius 3 is 1.12 bits per heavy atom. The molecule has 0 aliphatic rings. The molecule has 0 rings (SSSR count). The molecule has 0 aliphatic heterocycles. The van der Waals surface area contributed by atoms with E-state index in [1.807, 2.05) is 39.2 Å². The van der Waals surface area contributed by atoms with Crippen LogP contribution in [0.15, 0.2) is 0 Å². The van der Waals surface area contributed by atoms with Crippen LogP contribution >= 0.6 is 17.1 Å². The molecule has 0 aromatic heterocycles. The van der Waals surface area contributed by atoms with E-state index < -0.39 is 17.1 Å². The fraction of sp³-hybridized carbons (Fsp3) is 1.00. The zero-order chi connectivity index (χ0) is 12.4. The molecular formula is C9H23NO4P2. The first-order valence-electron chi connectivity index (χ1n) is 5.56. The normalized spacial score (nSPS) is 12.0. The highest BCUT2D eigenvalue weighted by Crippen LogP contribution is 2.57. The van der Waals surface area contributed by atoms with Gasteiger partial charge in [-0.3, -0.25) is 0 Å². The summed E-state index contributed by atoms with van der Waals surface area (Å²) >= 11 is 0. The monoisotopic (exact) mass is 271 g/mol. The van der Waals surface area contributed by atoms with Gasteiger partial charge >= 0.3 is 0 Å². The minimum Gasteiger partial charge on any atom is -0.322 e. The molecule has 0 saturated heterocycles. The first-order valence-corrected chi connectivity index (χ1v) is 7.82. The molecule has 0 fully saturated rings. The number of hydrogen-bond donors (Lipinski definition) is 0. The highest BCUT2D eigenvalue weighted by atomic mass is 31.2. The smallest absolute Gasteiger partial charge is 0.265 e. The molecule has 0 N–H and O–H groups in total. The maximum atomic E-state index is 5.54. The van der Waals surface area contributed by atoms with Crippen LogP contribution in [0.1, 0.15) is 27.7 Å². The van der Waals surface area contributed by atoms with Crippen molar-refractivity contribution in [3.63, 3.8) is 0 Å². The molecule has 0 spiro atoms. The molecule has 0 amide bonds. The van der Waals surface area contributed by atoms with Crippen LogP contribution in [0.2, 0.25) is 0 Å². The lowest BCUT2D eigenvalue weighted by molar-refractivity contribution is 0.217. The summed E-state index contributed by atoms with van der Waals surface area (Å²) < 4.78 is 24.1. The van der Waals surface area contributed by atoms with Gasteiger partial charge in [0.1, 0.15) is 0 Å². The minimum absolute atomic E-state index is 0.622. The van der Waals surface area contributed by atoms with Gasteiger partial charge in [0, 0.05) is 7.05 Å². The van der Waals surface area contributed by atoms with E-state index in [-0.39, 0.29) is 0 Å². The van der Waals surface area contributed by atoms with Crippen molar-refractivity contribution in [3.05, 3.63) is 0 Å². The molecule has 0 bridgehead atoms. The zero-order valence-electron chi connectivity index (χ0n) is 10.8. The predicted molar refractivity (Wildman–Crippen MR) is 68.1 cm³/mol. The lowest BCUT2D eigenvalue weighted by atomic mass is 10.9. The minimum atomic E-state index is -1.07. The van der Waals surface area contributed by atoms with Crippen LogP contribution in [0.4, 0.5) is 0 Å². The van der Waals surface area contributed by atoms with Gasteiger partial charge in [0.15, 0.2) is 0 Å². The van der Waals surface area contributed by atoms with Gasteiger partial charge in [-0.25, -0.2) is 0 Å². The summed E-state index contributed by atoms with van der Waals surface area (Å²) in [6.45, 7) is 10.3. The van der Waals surface area contributed by atoms with Crippen molar-refractivity contribution in [1.29, 1.82) is 0 Å². The highest BCUT2D eigenvalue weighted by Gasteiger charge is 2.27. The third-order valence-electron chi connectivity index (χ3n) is 1.43. The summed E-state index contributed by atoms with van der Waals surface area (Å²) in [5, 5.41) is 0. The Labute approximate surface area is 101 Å². The number of hydrogen-bond acceptors (Lipinski definition) is 5. The lowest BCUT2D eigenvalue weighted by Crippen LogP contribution is -2.13. The Bertz CT molecular complexity index is 136. The SMILES string of the molecule is CCOP(OCC)N(C)P(OCC)OCC. The van der Waals surface area contributed by atoms with Gasteiger partial charge in [-0.15, -0.1) is 0 Å². The van der Waals surface area contributed by atoms with E-state index in [4.69, 9.17) is 18.1 Å². The summed E-state index contributed by atoms with van der Waals surface area (Å²) in [5.41, 5.74) is 0. The van der Waals surface area contributed by atoms with Crippen molar-refractivity contribution >= 4 is 17.1 Å². The molecule has 0 atom stereocenters. The van der Waals surface area contributed by atoms with Crippen molar-refractivity contribution in [2.24, 2.45) is 0 Å². The maximum absolute atomic E-state index is 5.54. The molecule has 0 heterocycles. The number of nitrogens with zero attached hydrogens (tertiary/aromatic N) is 1. The molecule has 16 heavy (non-hydrogen) atoms. The topological polar surface area (TPSA) is 40.2 Å². The van der Waals surface area contributed by atoms with E-state index in [1.165, 1.54) is 0 Å². The van der Waals surface area contributed by atoms with Gasteiger partial charge in [0.2, 0.25) is 0 Å². The van der Waals surface area contributed by atoms with Gasteiger partial charge < -0.3 is 18.1 Å². The molecule has 0 aromatic carbocycles. The first kappa shape index (κ1) is 16.7. The molecular weight excluding hydrogens is 248 g/mol. The maximum Gasteiger partial charge on any atom is 0.265 e. The Morgan fingerprint density at radius 1 is 0.688 bits per heavy atom. The second-order valence-electron chi connectivity index (χ2n) is 2.64. The Kier molecular flexibility index (Phi) is 11.2. The van der Waals surface area contributed by atoms with Crippen LogP contribution < -0.4 is 0 Å². The Balaban J connectivity index is 4.31. The molecule has 0 unspecified atom stereocenters. The zero-order valence-corrected chi connectivity index (χ0v) is 12.6. The van der Waals surface area contributed by atoms with E-state index in [2.05, 4.69) is 0 Å². The van der Waals surface area contributed by atoms with Gasteiger partial charge in [0.05, 0.1) is 26.4 Å². The van der Waals surface area contributed by atoms with Crippen LogP contribution in [0.3, 0.4) is 0 Å². The van der Waals surface area contributed by atoms with Crippen LogP contribution in [-0.2, 0) is 18.1 Å². The average molecular weight is 271 g/mol. The van der Waals surface area contributed by atoms with Crippen LogP contribution in [0.25, 0.3) is 0 Å². The molecule has 0 aliphatic carbocycles. The van der Waals surface area contributed by atoms with Crippen molar-refractivity contribution < 1.29 is 18.1 Å². The van der Waals surface area contributed by atoms with Crippen molar-refractivity contribution in [2.45, 2.75) is 27.7 Å². The third-order valence-corrected chi connectivity index (χ3v) is 5.17. The summed E-state index contributed by atoms with van der Waals surface area (Å²) in [5.74, 6) is 0. The first-order chi connectivity index (χ1) is 7.71. The van der Waals surface area contributed by atoms with Crippen LogP contribution in [0.5, 0.6) is 0 Å². The van der Waals surface area contributed by atoms with E-state index in [1.54, 1.807) is 0 Å². The van der Waals surface area contributed by atoms with Crippen molar-refractivity contribution in [2.75, 3.05) is 33.5 Å². The molecule has 0 radical (unpaired) electrons. The fourth-order valence-corrected chi connectivity index (χ4v) is 3.71. The van der Waals surface area contributed by atoms with Crippen molar-refractivity contribution in [3.8, 4) is 0 Å². The second-order valence-corrected chi connectivity index (χ2v) is 6.14. The van der Waals surface area contributed by atoms with Gasteiger partial charge in [-0.2, -0.15) is 4.44 Å². The van der Waals surface area contributed by atoms with Crippen molar-refractivity contribution in [1.82, 2.24) is 4.44 Å². The molecule has 98 valence electrons. The fourth-order valence-electron chi connectivity index (χ4n) is 0.910. The molecule has 0 aromatic rings. The molecule has 5 nitrogen and oxygen atoms in total. The van der Waals surface area contributed by atoms with E-state index in [0.717, 1.165) is 0 Å². The largest absolute Gasteiger partial charge is 0.322 e. The second kappa shape index (κ2) is 10.8. The highest BCUT2D eigenvalue weighted by molar-refractivity contribution is 7.60. The standard InChI is InChI=1S/C9H23NO4P2/c1-6-11-15(12-7-2)10(5)16(13-8-3)14-9-4/h6-9H2,1-5H3. The Hall–Kier alpha value is 0.660. The van der Waals surface area contributed by atoms with Gasteiger partial charge in [-0.1, -0.05) is 0 Å². The van der Waals surface area contributed by atoms with Gasteiger partial charge in [-0.05, 0) is 27.7 Å². The molecule has 0 saturated carbocycles. The van der Waals surface area contributed by atoms with Crippen LogP contribution in [0, 0.1) is 0 Å². The summed E-state index contributed by atoms with van der Waals surface area (Å²) in [4.78, 5) is 0. The average Bonchev–Trinajstić information content (AvgIpc) is 2.27. The van der Waals surface area contributed by atoms with E-state index in [0.29, 0.717) is 26.4 Å². The quantitative estimate of drug-likeness (QED) is 0.568. The lowest BCUT2D eigenvalue weighted by Gasteiger charge is -2.30. The molecule has 7 heteroatoms. The summed E-state index contributed by atoms with van der Waals surface area (Å²) in [7, 11) is -0.234. The van der Waals surface area contributed by atoms with E-state index in [9.17, 15) is 0 Å². The number of rotatable bonds is 10. The summed E-state index contributed by atoms with van der Waals surface area (Å²) in [6.07, 6.45) is 0. The third kappa shape index (κ3) is 6.41. The van der Waals surface area contributed by atoms with Gasteiger partial charge in [0.25, 0.3) is 17.1 Å². The predicted octanol–water partition coefficient (Wildman–Crippen LogP) is 3.52. The Morgan fingerprint density at radius 2 is 0.938 bits per heavy atom. The van der Waals surface area contributed by atoms with Crippen LogP contribution in [-0.4, -0.2) is 37.9 Å². The van der Waals surface area contributed by atoms with E-state index >= 15 is 0 Å².